The number of benzene rings is 2. The van der Waals surface area contributed by atoms with Crippen LogP contribution in [-0.2, 0) is 6.54 Å². The monoisotopic (exact) mass is 346 g/mol. The summed E-state index contributed by atoms with van der Waals surface area (Å²) >= 11 is 0. The van der Waals surface area contributed by atoms with E-state index in [-0.39, 0.29) is 5.91 Å². The third kappa shape index (κ3) is 4.28. The quantitative estimate of drug-likeness (QED) is 0.727. The minimum Gasteiger partial charge on any atom is -0.439 e. The topological polar surface area (TPSA) is 51.2 Å². The van der Waals surface area contributed by atoms with Crippen LogP contribution in [0.1, 0.15) is 32.6 Å². The van der Waals surface area contributed by atoms with Crippen molar-refractivity contribution in [1.82, 2.24) is 10.3 Å². The third-order valence-corrected chi connectivity index (χ3v) is 4.20. The molecule has 0 unspecified atom stereocenters. The first-order chi connectivity index (χ1) is 12.5. The maximum atomic E-state index is 12.3. The summed E-state index contributed by atoms with van der Waals surface area (Å²) < 4.78 is 5.86. The fraction of sp³-hybridized carbons (Fsp3) is 0.182. The molecule has 0 atom stereocenters. The number of carbonyl (C=O) groups is 1. The van der Waals surface area contributed by atoms with Gasteiger partial charge in [0.1, 0.15) is 5.75 Å². The molecular weight excluding hydrogens is 324 g/mol. The lowest BCUT2D eigenvalue weighted by molar-refractivity contribution is 0.0950. The number of rotatable bonds is 5. The average molecular weight is 346 g/mol. The molecule has 0 aliphatic heterocycles. The Hall–Kier alpha value is -3.14. The molecule has 3 aromatic rings. The van der Waals surface area contributed by atoms with E-state index in [0.717, 1.165) is 28.0 Å². The van der Waals surface area contributed by atoms with Gasteiger partial charge in [0.05, 0.1) is 0 Å². The van der Waals surface area contributed by atoms with Crippen LogP contribution < -0.4 is 10.1 Å². The first-order valence-electron chi connectivity index (χ1n) is 8.57. The van der Waals surface area contributed by atoms with Gasteiger partial charge in [-0.2, -0.15) is 0 Å². The molecule has 0 spiro atoms. The van der Waals surface area contributed by atoms with Crippen LogP contribution in [0.15, 0.2) is 60.8 Å². The van der Waals surface area contributed by atoms with Crippen LogP contribution in [0.25, 0.3) is 0 Å². The number of nitrogens with zero attached hydrogens (tertiary/aromatic N) is 1. The van der Waals surface area contributed by atoms with Crippen molar-refractivity contribution in [1.29, 1.82) is 0 Å². The molecule has 0 bridgehead atoms. The van der Waals surface area contributed by atoms with E-state index in [0.29, 0.717) is 18.0 Å². The van der Waals surface area contributed by atoms with Gasteiger partial charge >= 0.3 is 0 Å². The number of nitrogens with one attached hydrogen (secondary N) is 1. The lowest BCUT2D eigenvalue weighted by atomic mass is 10.1. The number of hydrogen-bond donors (Lipinski definition) is 1. The predicted molar refractivity (Wildman–Crippen MR) is 103 cm³/mol. The molecule has 0 aliphatic rings. The summed E-state index contributed by atoms with van der Waals surface area (Å²) in [7, 11) is 0. The highest BCUT2D eigenvalue weighted by molar-refractivity contribution is 5.95. The summed E-state index contributed by atoms with van der Waals surface area (Å²) in [6.07, 6.45) is 1.72. The SMILES string of the molecule is Cc1ccc(C)c(Oc2ccc(CNC(=O)c3ccccc3C)cn2)c1. The maximum Gasteiger partial charge on any atom is 0.251 e. The highest BCUT2D eigenvalue weighted by Crippen LogP contribution is 2.24. The van der Waals surface area contributed by atoms with Crippen molar-refractivity contribution in [2.24, 2.45) is 0 Å². The van der Waals surface area contributed by atoms with Gasteiger partial charge in [-0.15, -0.1) is 0 Å². The predicted octanol–water partition coefficient (Wildman–Crippen LogP) is 4.73. The van der Waals surface area contributed by atoms with Gasteiger partial charge in [-0.25, -0.2) is 4.98 Å². The van der Waals surface area contributed by atoms with Gasteiger partial charge in [0.2, 0.25) is 5.88 Å². The van der Waals surface area contributed by atoms with E-state index in [1.54, 1.807) is 6.20 Å². The van der Waals surface area contributed by atoms with E-state index in [2.05, 4.69) is 16.4 Å². The van der Waals surface area contributed by atoms with E-state index < -0.39 is 0 Å². The Labute approximate surface area is 153 Å². The second-order valence-corrected chi connectivity index (χ2v) is 6.37. The molecule has 1 N–H and O–H groups in total. The van der Waals surface area contributed by atoms with Crippen LogP contribution in [0.3, 0.4) is 0 Å². The molecule has 1 heterocycles. The van der Waals surface area contributed by atoms with E-state index >= 15 is 0 Å². The minimum atomic E-state index is -0.0844. The van der Waals surface area contributed by atoms with Crippen molar-refractivity contribution in [2.75, 3.05) is 0 Å². The number of pyridine rings is 1. The lowest BCUT2D eigenvalue weighted by Crippen LogP contribution is -2.23. The van der Waals surface area contributed by atoms with Crippen molar-refractivity contribution in [3.63, 3.8) is 0 Å². The first kappa shape index (κ1) is 17.7. The number of carbonyl (C=O) groups excluding carboxylic acids is 1. The highest BCUT2D eigenvalue weighted by atomic mass is 16.5. The van der Waals surface area contributed by atoms with Gasteiger partial charge in [-0.05, 0) is 55.2 Å². The Morgan fingerprint density at radius 2 is 1.81 bits per heavy atom. The zero-order chi connectivity index (χ0) is 18.5. The van der Waals surface area contributed by atoms with Crippen LogP contribution in [0.4, 0.5) is 0 Å². The summed E-state index contributed by atoms with van der Waals surface area (Å²) in [4.78, 5) is 16.6. The Balaban J connectivity index is 1.62. The fourth-order valence-corrected chi connectivity index (χ4v) is 2.61. The molecule has 0 fully saturated rings. The smallest absolute Gasteiger partial charge is 0.251 e. The van der Waals surface area contributed by atoms with Crippen molar-refractivity contribution in [3.8, 4) is 11.6 Å². The molecule has 0 saturated carbocycles. The molecule has 3 rings (SSSR count). The second-order valence-electron chi connectivity index (χ2n) is 6.37. The Morgan fingerprint density at radius 1 is 1.00 bits per heavy atom. The number of aryl methyl sites for hydroxylation is 3. The molecule has 0 radical (unpaired) electrons. The van der Waals surface area contributed by atoms with Crippen LogP contribution in [0.5, 0.6) is 11.6 Å². The molecular formula is C22H22N2O2. The van der Waals surface area contributed by atoms with Crippen LogP contribution in [0, 0.1) is 20.8 Å². The maximum absolute atomic E-state index is 12.3. The molecule has 4 nitrogen and oxygen atoms in total. The van der Waals surface area contributed by atoms with Crippen molar-refractivity contribution in [3.05, 3.63) is 88.6 Å². The van der Waals surface area contributed by atoms with E-state index in [1.165, 1.54) is 0 Å². The Kier molecular flexibility index (Phi) is 5.32. The van der Waals surface area contributed by atoms with Gasteiger partial charge in [-0.1, -0.05) is 36.4 Å². The Morgan fingerprint density at radius 3 is 2.54 bits per heavy atom. The third-order valence-electron chi connectivity index (χ3n) is 4.20. The van der Waals surface area contributed by atoms with Crippen LogP contribution in [-0.4, -0.2) is 10.9 Å². The minimum absolute atomic E-state index is 0.0844. The number of aromatic nitrogens is 1. The summed E-state index contributed by atoms with van der Waals surface area (Å²) in [6.45, 7) is 6.38. The summed E-state index contributed by atoms with van der Waals surface area (Å²) in [5, 5.41) is 2.92. The van der Waals surface area contributed by atoms with E-state index in [9.17, 15) is 4.79 Å². The first-order valence-corrected chi connectivity index (χ1v) is 8.57. The van der Waals surface area contributed by atoms with Crippen LogP contribution >= 0.6 is 0 Å². The average Bonchev–Trinajstić information content (AvgIpc) is 2.64. The standard InChI is InChI=1S/C22H22N2O2/c1-15-8-9-17(3)20(12-15)26-21-11-10-18(13-23-21)14-24-22(25)19-7-5-4-6-16(19)2/h4-13H,14H2,1-3H3,(H,24,25). The number of hydrogen-bond acceptors (Lipinski definition) is 3. The number of ether oxygens (including phenoxy) is 1. The zero-order valence-electron chi connectivity index (χ0n) is 15.2. The van der Waals surface area contributed by atoms with Gasteiger partial charge in [0.15, 0.2) is 0 Å². The van der Waals surface area contributed by atoms with Gasteiger partial charge in [0, 0.05) is 24.4 Å². The number of amides is 1. The summed E-state index contributed by atoms with van der Waals surface area (Å²) in [5.41, 5.74) is 4.77. The molecule has 1 aromatic heterocycles. The van der Waals surface area contributed by atoms with Crippen molar-refractivity contribution >= 4 is 5.91 Å². The normalized spacial score (nSPS) is 10.4. The molecule has 26 heavy (non-hydrogen) atoms. The van der Waals surface area contributed by atoms with Crippen molar-refractivity contribution < 1.29 is 9.53 Å². The fourth-order valence-electron chi connectivity index (χ4n) is 2.61. The van der Waals surface area contributed by atoms with E-state index in [1.807, 2.05) is 69.3 Å². The molecule has 0 aliphatic carbocycles. The lowest BCUT2D eigenvalue weighted by Gasteiger charge is -2.10. The second kappa shape index (κ2) is 7.83. The van der Waals surface area contributed by atoms with Gasteiger partial charge in [0.25, 0.3) is 5.91 Å². The van der Waals surface area contributed by atoms with Crippen LogP contribution in [0.2, 0.25) is 0 Å². The summed E-state index contributed by atoms with van der Waals surface area (Å²) in [5.74, 6) is 1.25. The molecule has 2 aromatic carbocycles. The van der Waals surface area contributed by atoms with Crippen molar-refractivity contribution in [2.45, 2.75) is 27.3 Å². The largest absolute Gasteiger partial charge is 0.439 e. The molecule has 0 saturated heterocycles. The van der Waals surface area contributed by atoms with Gasteiger partial charge in [-0.3, -0.25) is 4.79 Å². The highest BCUT2D eigenvalue weighted by Gasteiger charge is 2.08. The van der Waals surface area contributed by atoms with Gasteiger partial charge < -0.3 is 10.1 Å². The van der Waals surface area contributed by atoms with E-state index in [4.69, 9.17) is 4.74 Å². The molecule has 1 amide bonds. The zero-order valence-corrected chi connectivity index (χ0v) is 15.2. The molecule has 4 heteroatoms. The molecule has 132 valence electrons. The summed E-state index contributed by atoms with van der Waals surface area (Å²) in [6, 6.07) is 17.3. The Bertz CT molecular complexity index is 918.